The van der Waals surface area contributed by atoms with Gasteiger partial charge in [-0.3, -0.25) is 4.79 Å². The molecule has 2 aromatic carbocycles. The summed E-state index contributed by atoms with van der Waals surface area (Å²) >= 11 is 13.1. The number of ether oxygens (including phenoxy) is 1. The lowest BCUT2D eigenvalue weighted by molar-refractivity contribution is -0.116. The SMILES string of the molecule is Cc1cc(Br)ccc1NC(=O)CCCOc1cc(C)c(Cl)c(C)c1Br. The maximum absolute atomic E-state index is 12.1. The van der Waals surface area contributed by atoms with Gasteiger partial charge in [-0.05, 0) is 84.1 Å². The molecule has 6 heteroatoms. The van der Waals surface area contributed by atoms with E-state index in [-0.39, 0.29) is 5.91 Å². The number of aryl methyl sites for hydroxylation is 2. The molecular formula is C19H20Br2ClNO2. The number of halogens is 3. The Balaban J connectivity index is 1.84. The summed E-state index contributed by atoms with van der Waals surface area (Å²) in [4.78, 5) is 12.1. The number of rotatable bonds is 6. The van der Waals surface area contributed by atoms with Crippen molar-refractivity contribution in [2.24, 2.45) is 0 Å². The van der Waals surface area contributed by atoms with E-state index in [1.165, 1.54) is 0 Å². The van der Waals surface area contributed by atoms with Crippen molar-refractivity contribution < 1.29 is 9.53 Å². The molecule has 0 fully saturated rings. The number of anilines is 1. The molecule has 2 aromatic rings. The van der Waals surface area contributed by atoms with Crippen LogP contribution in [0.15, 0.2) is 33.2 Å². The van der Waals surface area contributed by atoms with Crippen LogP contribution < -0.4 is 10.1 Å². The van der Waals surface area contributed by atoms with Crippen molar-refractivity contribution in [1.82, 2.24) is 0 Å². The molecule has 0 heterocycles. The number of benzene rings is 2. The van der Waals surface area contributed by atoms with Gasteiger partial charge in [0.1, 0.15) is 5.75 Å². The standard InChI is InChI=1S/C19H20Br2ClNO2/c1-11-9-14(20)6-7-15(11)23-17(24)5-4-8-25-16-10-12(2)19(22)13(3)18(16)21/h6-7,9-10H,4-5,8H2,1-3H3,(H,23,24). The first-order chi connectivity index (χ1) is 11.8. The first-order valence-corrected chi connectivity index (χ1v) is 9.90. The van der Waals surface area contributed by atoms with Crippen molar-refractivity contribution in [1.29, 1.82) is 0 Å². The second kappa shape index (κ2) is 9.06. The second-order valence-corrected chi connectivity index (χ2v) is 7.99. The van der Waals surface area contributed by atoms with E-state index in [0.717, 1.165) is 42.1 Å². The fraction of sp³-hybridized carbons (Fsp3) is 0.316. The molecule has 25 heavy (non-hydrogen) atoms. The van der Waals surface area contributed by atoms with Crippen molar-refractivity contribution in [3.8, 4) is 5.75 Å². The van der Waals surface area contributed by atoms with Crippen molar-refractivity contribution in [3.63, 3.8) is 0 Å². The van der Waals surface area contributed by atoms with Crippen LogP contribution in [0.5, 0.6) is 5.75 Å². The van der Waals surface area contributed by atoms with Gasteiger partial charge in [-0.2, -0.15) is 0 Å². The normalized spacial score (nSPS) is 10.6. The molecule has 2 rings (SSSR count). The van der Waals surface area contributed by atoms with Crippen LogP contribution in [0.3, 0.4) is 0 Å². The van der Waals surface area contributed by atoms with Gasteiger partial charge in [0.25, 0.3) is 0 Å². The summed E-state index contributed by atoms with van der Waals surface area (Å²) in [5.74, 6) is 0.736. The first kappa shape index (κ1) is 20.3. The maximum Gasteiger partial charge on any atom is 0.224 e. The van der Waals surface area contributed by atoms with E-state index in [4.69, 9.17) is 16.3 Å². The van der Waals surface area contributed by atoms with Crippen molar-refractivity contribution in [2.45, 2.75) is 33.6 Å². The fourth-order valence-electron chi connectivity index (χ4n) is 2.40. The van der Waals surface area contributed by atoms with Crippen LogP contribution in [-0.4, -0.2) is 12.5 Å². The smallest absolute Gasteiger partial charge is 0.224 e. The fourth-order valence-corrected chi connectivity index (χ4v) is 3.57. The molecule has 0 unspecified atom stereocenters. The van der Waals surface area contributed by atoms with Gasteiger partial charge in [0.2, 0.25) is 5.91 Å². The molecule has 3 nitrogen and oxygen atoms in total. The largest absolute Gasteiger partial charge is 0.492 e. The minimum Gasteiger partial charge on any atom is -0.492 e. The summed E-state index contributed by atoms with van der Waals surface area (Å²) in [5, 5.41) is 3.67. The molecule has 0 aliphatic rings. The molecule has 1 N–H and O–H groups in total. The van der Waals surface area contributed by atoms with Crippen LogP contribution in [0.1, 0.15) is 29.5 Å². The predicted octanol–water partition coefficient (Wildman–Crippen LogP) is 6.59. The number of hydrogen-bond acceptors (Lipinski definition) is 2. The Labute approximate surface area is 170 Å². The lowest BCUT2D eigenvalue weighted by atomic mass is 10.1. The first-order valence-electron chi connectivity index (χ1n) is 7.93. The van der Waals surface area contributed by atoms with E-state index in [2.05, 4.69) is 37.2 Å². The van der Waals surface area contributed by atoms with Crippen LogP contribution in [0, 0.1) is 20.8 Å². The zero-order valence-corrected chi connectivity index (χ0v) is 18.3. The zero-order valence-electron chi connectivity index (χ0n) is 14.4. The third-order valence-electron chi connectivity index (χ3n) is 3.84. The van der Waals surface area contributed by atoms with Crippen LogP contribution >= 0.6 is 43.5 Å². The Kier molecular flexibility index (Phi) is 7.35. The molecule has 0 aliphatic heterocycles. The van der Waals surface area contributed by atoms with E-state index >= 15 is 0 Å². The molecule has 0 aromatic heterocycles. The minimum absolute atomic E-state index is 0.0171. The zero-order chi connectivity index (χ0) is 18.6. The van der Waals surface area contributed by atoms with Gasteiger partial charge >= 0.3 is 0 Å². The number of carbonyl (C=O) groups is 1. The van der Waals surface area contributed by atoms with Gasteiger partial charge in [0.05, 0.1) is 11.1 Å². The summed E-state index contributed by atoms with van der Waals surface area (Å²) in [6, 6.07) is 7.69. The van der Waals surface area contributed by atoms with E-state index in [1.807, 2.05) is 45.0 Å². The number of amides is 1. The average Bonchev–Trinajstić information content (AvgIpc) is 2.56. The van der Waals surface area contributed by atoms with Gasteiger partial charge < -0.3 is 10.1 Å². The highest BCUT2D eigenvalue weighted by Gasteiger charge is 2.11. The Morgan fingerprint density at radius 3 is 2.56 bits per heavy atom. The number of carbonyl (C=O) groups excluding carboxylic acids is 1. The monoisotopic (exact) mass is 487 g/mol. The van der Waals surface area contributed by atoms with E-state index in [1.54, 1.807) is 0 Å². The minimum atomic E-state index is -0.0171. The topological polar surface area (TPSA) is 38.3 Å². The Morgan fingerprint density at radius 2 is 1.88 bits per heavy atom. The van der Waals surface area contributed by atoms with Gasteiger partial charge in [0.15, 0.2) is 0 Å². The van der Waals surface area contributed by atoms with Crippen molar-refractivity contribution >= 4 is 55.1 Å². The highest BCUT2D eigenvalue weighted by atomic mass is 79.9. The molecule has 134 valence electrons. The third-order valence-corrected chi connectivity index (χ3v) is 5.90. The number of hydrogen-bond donors (Lipinski definition) is 1. The van der Waals surface area contributed by atoms with E-state index in [9.17, 15) is 4.79 Å². The molecule has 0 saturated heterocycles. The maximum atomic E-state index is 12.1. The molecule has 0 bridgehead atoms. The van der Waals surface area contributed by atoms with E-state index in [0.29, 0.717) is 19.4 Å². The van der Waals surface area contributed by atoms with Gasteiger partial charge in [-0.15, -0.1) is 0 Å². The quantitative estimate of drug-likeness (QED) is 0.465. The highest BCUT2D eigenvalue weighted by Crippen LogP contribution is 2.35. The summed E-state index contributed by atoms with van der Waals surface area (Å²) in [7, 11) is 0. The second-order valence-electron chi connectivity index (χ2n) is 5.90. The molecule has 0 aliphatic carbocycles. The average molecular weight is 490 g/mol. The lowest BCUT2D eigenvalue weighted by Gasteiger charge is -2.13. The number of nitrogens with one attached hydrogen (secondary N) is 1. The molecule has 0 atom stereocenters. The summed E-state index contributed by atoms with van der Waals surface area (Å²) in [6.07, 6.45) is 1.03. The van der Waals surface area contributed by atoms with Crippen molar-refractivity contribution in [3.05, 3.63) is 54.9 Å². The highest BCUT2D eigenvalue weighted by molar-refractivity contribution is 9.10. The van der Waals surface area contributed by atoms with Crippen molar-refractivity contribution in [2.75, 3.05) is 11.9 Å². The van der Waals surface area contributed by atoms with E-state index < -0.39 is 0 Å². The van der Waals surface area contributed by atoms with Crippen LogP contribution in [0.2, 0.25) is 5.02 Å². The third kappa shape index (κ3) is 5.47. The lowest BCUT2D eigenvalue weighted by Crippen LogP contribution is -2.13. The predicted molar refractivity (Wildman–Crippen MR) is 111 cm³/mol. The molecular weight excluding hydrogens is 469 g/mol. The van der Waals surface area contributed by atoms with Crippen LogP contribution in [-0.2, 0) is 4.79 Å². The summed E-state index contributed by atoms with van der Waals surface area (Å²) < 4.78 is 7.66. The Bertz CT molecular complexity index is 793. The Morgan fingerprint density at radius 1 is 1.16 bits per heavy atom. The van der Waals surface area contributed by atoms with Crippen LogP contribution in [0.25, 0.3) is 0 Å². The Hall–Kier alpha value is -1.04. The molecule has 0 saturated carbocycles. The van der Waals surface area contributed by atoms with Crippen LogP contribution in [0.4, 0.5) is 5.69 Å². The summed E-state index contributed by atoms with van der Waals surface area (Å²) in [5.41, 5.74) is 3.79. The van der Waals surface area contributed by atoms with Gasteiger partial charge in [-0.1, -0.05) is 27.5 Å². The molecule has 0 radical (unpaired) electrons. The molecule has 1 amide bonds. The summed E-state index contributed by atoms with van der Waals surface area (Å²) in [6.45, 7) is 6.32. The van der Waals surface area contributed by atoms with Gasteiger partial charge in [-0.25, -0.2) is 0 Å². The molecule has 0 spiro atoms. The van der Waals surface area contributed by atoms with Gasteiger partial charge in [0, 0.05) is 21.6 Å².